The second-order valence-electron chi connectivity index (χ2n) is 8.08. The van der Waals surface area contributed by atoms with Crippen molar-refractivity contribution in [3.63, 3.8) is 0 Å². The molecule has 142 valence electrons. The largest absolute Gasteiger partial charge is 0.352 e. The van der Waals surface area contributed by atoms with E-state index in [9.17, 15) is 9.59 Å². The standard InChI is InChI=1S/C22H32N2O2/c25-21(13-17-5-1-2-6-17)23-15-19-9-11-20(12-10-19)16-24-22(26)14-18-7-3-4-8-18/h9-12,17-18H,1-8,13-16H2,(H,23,25)(H,24,26). The summed E-state index contributed by atoms with van der Waals surface area (Å²) in [6, 6.07) is 8.14. The first-order valence-corrected chi connectivity index (χ1v) is 10.3. The molecule has 0 unspecified atom stereocenters. The number of hydrogen-bond acceptors (Lipinski definition) is 2. The lowest BCUT2D eigenvalue weighted by atomic mass is 10.0. The molecule has 1 aromatic rings. The lowest BCUT2D eigenvalue weighted by Crippen LogP contribution is -2.25. The van der Waals surface area contributed by atoms with E-state index in [2.05, 4.69) is 10.6 Å². The summed E-state index contributed by atoms with van der Waals surface area (Å²) in [5, 5.41) is 6.05. The van der Waals surface area contributed by atoms with Crippen molar-refractivity contribution in [2.24, 2.45) is 11.8 Å². The Hall–Kier alpha value is -1.84. The molecule has 26 heavy (non-hydrogen) atoms. The maximum absolute atomic E-state index is 12.0. The highest BCUT2D eigenvalue weighted by Crippen LogP contribution is 2.28. The van der Waals surface area contributed by atoms with Gasteiger partial charge in [0.15, 0.2) is 0 Å². The van der Waals surface area contributed by atoms with Gasteiger partial charge in [0.25, 0.3) is 0 Å². The van der Waals surface area contributed by atoms with Gasteiger partial charge in [-0.15, -0.1) is 0 Å². The van der Waals surface area contributed by atoms with E-state index in [4.69, 9.17) is 0 Å². The average Bonchev–Trinajstić information content (AvgIpc) is 3.33. The zero-order valence-corrected chi connectivity index (χ0v) is 15.8. The zero-order valence-electron chi connectivity index (χ0n) is 15.8. The summed E-state index contributed by atoms with van der Waals surface area (Å²) in [6.07, 6.45) is 11.3. The van der Waals surface area contributed by atoms with Crippen LogP contribution in [0.1, 0.15) is 75.3 Å². The van der Waals surface area contributed by atoms with Gasteiger partial charge in [0.1, 0.15) is 0 Å². The van der Waals surface area contributed by atoms with Crippen molar-refractivity contribution in [2.45, 2.75) is 77.3 Å². The zero-order chi connectivity index (χ0) is 18.2. The molecule has 0 heterocycles. The molecule has 2 aliphatic carbocycles. The Morgan fingerprint density at radius 2 is 1.04 bits per heavy atom. The van der Waals surface area contributed by atoms with Gasteiger partial charge < -0.3 is 10.6 Å². The van der Waals surface area contributed by atoms with Crippen LogP contribution in [0.25, 0.3) is 0 Å². The van der Waals surface area contributed by atoms with E-state index in [0.717, 1.165) is 11.1 Å². The SMILES string of the molecule is O=C(CC1CCCC1)NCc1ccc(CNC(=O)CC2CCCC2)cc1. The quantitative estimate of drug-likeness (QED) is 0.737. The van der Waals surface area contributed by atoms with Crippen LogP contribution in [0.4, 0.5) is 0 Å². The molecule has 4 heteroatoms. The van der Waals surface area contributed by atoms with Crippen molar-refractivity contribution in [1.82, 2.24) is 10.6 Å². The lowest BCUT2D eigenvalue weighted by Gasteiger charge is -2.11. The Morgan fingerprint density at radius 3 is 1.38 bits per heavy atom. The van der Waals surface area contributed by atoms with Crippen LogP contribution < -0.4 is 10.6 Å². The van der Waals surface area contributed by atoms with Gasteiger partial charge in [0.05, 0.1) is 0 Å². The second-order valence-corrected chi connectivity index (χ2v) is 8.08. The molecule has 0 radical (unpaired) electrons. The first-order valence-electron chi connectivity index (χ1n) is 10.3. The van der Waals surface area contributed by atoms with Gasteiger partial charge in [-0.2, -0.15) is 0 Å². The second kappa shape index (κ2) is 9.75. The molecule has 0 atom stereocenters. The van der Waals surface area contributed by atoms with Crippen LogP contribution in [0.2, 0.25) is 0 Å². The Labute approximate surface area is 157 Å². The lowest BCUT2D eigenvalue weighted by molar-refractivity contribution is -0.123. The minimum Gasteiger partial charge on any atom is -0.352 e. The van der Waals surface area contributed by atoms with Crippen LogP contribution in [0, 0.1) is 11.8 Å². The van der Waals surface area contributed by atoms with Crippen molar-refractivity contribution >= 4 is 11.8 Å². The summed E-state index contributed by atoms with van der Waals surface area (Å²) in [6.45, 7) is 1.17. The van der Waals surface area contributed by atoms with E-state index >= 15 is 0 Å². The number of amides is 2. The van der Waals surface area contributed by atoms with Crippen LogP contribution in [0.3, 0.4) is 0 Å². The fraction of sp³-hybridized carbons (Fsp3) is 0.636. The van der Waals surface area contributed by atoms with Crippen molar-refractivity contribution < 1.29 is 9.59 Å². The van der Waals surface area contributed by atoms with E-state index in [-0.39, 0.29) is 11.8 Å². The van der Waals surface area contributed by atoms with Gasteiger partial charge in [0.2, 0.25) is 11.8 Å². The van der Waals surface area contributed by atoms with E-state index in [0.29, 0.717) is 37.8 Å². The van der Waals surface area contributed by atoms with Crippen LogP contribution in [-0.4, -0.2) is 11.8 Å². The van der Waals surface area contributed by atoms with Crippen LogP contribution >= 0.6 is 0 Å². The molecule has 2 aliphatic rings. The summed E-state index contributed by atoms with van der Waals surface area (Å²) in [7, 11) is 0. The third-order valence-corrected chi connectivity index (χ3v) is 5.90. The van der Waals surface area contributed by atoms with Gasteiger partial charge in [0, 0.05) is 25.9 Å². The van der Waals surface area contributed by atoms with Crippen LogP contribution in [0.5, 0.6) is 0 Å². The third-order valence-electron chi connectivity index (χ3n) is 5.90. The van der Waals surface area contributed by atoms with Gasteiger partial charge in [-0.3, -0.25) is 9.59 Å². The maximum atomic E-state index is 12.0. The molecule has 2 N–H and O–H groups in total. The first-order chi connectivity index (χ1) is 12.7. The predicted molar refractivity (Wildman–Crippen MR) is 103 cm³/mol. The highest BCUT2D eigenvalue weighted by atomic mass is 16.2. The molecule has 0 bridgehead atoms. The van der Waals surface area contributed by atoms with Crippen molar-refractivity contribution in [3.8, 4) is 0 Å². The molecule has 0 saturated heterocycles. The average molecular weight is 357 g/mol. The maximum Gasteiger partial charge on any atom is 0.220 e. The van der Waals surface area contributed by atoms with Crippen LogP contribution in [-0.2, 0) is 22.7 Å². The highest BCUT2D eigenvalue weighted by molar-refractivity contribution is 5.76. The van der Waals surface area contributed by atoms with E-state index < -0.39 is 0 Å². The fourth-order valence-corrected chi connectivity index (χ4v) is 4.27. The Morgan fingerprint density at radius 1 is 0.692 bits per heavy atom. The van der Waals surface area contributed by atoms with E-state index in [1.807, 2.05) is 24.3 Å². The molecule has 3 rings (SSSR count). The fourth-order valence-electron chi connectivity index (χ4n) is 4.27. The molecule has 0 aromatic heterocycles. The first kappa shape index (κ1) is 18.9. The van der Waals surface area contributed by atoms with Gasteiger partial charge in [-0.25, -0.2) is 0 Å². The molecule has 2 saturated carbocycles. The van der Waals surface area contributed by atoms with Crippen molar-refractivity contribution in [3.05, 3.63) is 35.4 Å². The summed E-state index contributed by atoms with van der Waals surface area (Å²) < 4.78 is 0. The predicted octanol–water partition coefficient (Wildman–Crippen LogP) is 4.08. The van der Waals surface area contributed by atoms with E-state index in [1.54, 1.807) is 0 Å². The summed E-state index contributed by atoms with van der Waals surface area (Å²) >= 11 is 0. The van der Waals surface area contributed by atoms with E-state index in [1.165, 1.54) is 51.4 Å². The van der Waals surface area contributed by atoms with Crippen molar-refractivity contribution in [1.29, 1.82) is 0 Å². The van der Waals surface area contributed by atoms with Gasteiger partial charge in [-0.1, -0.05) is 49.9 Å². The van der Waals surface area contributed by atoms with Crippen LogP contribution in [0.15, 0.2) is 24.3 Å². The molecule has 2 fully saturated rings. The topological polar surface area (TPSA) is 58.2 Å². The number of hydrogen-bond donors (Lipinski definition) is 2. The van der Waals surface area contributed by atoms with Gasteiger partial charge >= 0.3 is 0 Å². The smallest absolute Gasteiger partial charge is 0.220 e. The van der Waals surface area contributed by atoms with Gasteiger partial charge in [-0.05, 0) is 48.6 Å². The molecule has 1 aromatic carbocycles. The molecular weight excluding hydrogens is 324 g/mol. The third kappa shape index (κ3) is 6.15. The number of carbonyl (C=O) groups is 2. The minimum atomic E-state index is 0.167. The summed E-state index contributed by atoms with van der Waals surface area (Å²) in [4.78, 5) is 24.0. The monoisotopic (exact) mass is 356 g/mol. The van der Waals surface area contributed by atoms with Crippen molar-refractivity contribution in [2.75, 3.05) is 0 Å². The summed E-state index contributed by atoms with van der Waals surface area (Å²) in [5.41, 5.74) is 2.21. The molecule has 4 nitrogen and oxygen atoms in total. The minimum absolute atomic E-state index is 0.167. The Balaban J connectivity index is 1.34. The number of rotatable bonds is 8. The number of nitrogens with one attached hydrogen (secondary N) is 2. The Kier molecular flexibility index (Phi) is 7.10. The highest BCUT2D eigenvalue weighted by Gasteiger charge is 2.19. The molecule has 0 aliphatic heterocycles. The summed E-state index contributed by atoms with van der Waals surface area (Å²) in [5.74, 6) is 1.51. The number of carbonyl (C=O) groups excluding carboxylic acids is 2. The normalized spacial score (nSPS) is 18.2. The molecular formula is C22H32N2O2. The molecule has 0 spiro atoms. The number of benzene rings is 1. The Bertz CT molecular complexity index is 532. The molecule has 2 amide bonds.